The number of ether oxygens (including phenoxy) is 2. The van der Waals surface area contributed by atoms with Gasteiger partial charge >= 0.3 is 0 Å². The molecular formula is C11H18O3. The van der Waals surface area contributed by atoms with Gasteiger partial charge in [0.15, 0.2) is 5.79 Å². The maximum Gasteiger partial charge on any atom is 0.163 e. The molecule has 1 N–H and O–H groups in total. The Bertz CT molecular complexity index is 261. The van der Waals surface area contributed by atoms with E-state index in [2.05, 4.69) is 13.5 Å². The molecule has 14 heavy (non-hydrogen) atoms. The van der Waals surface area contributed by atoms with Crippen molar-refractivity contribution in [2.75, 3.05) is 0 Å². The summed E-state index contributed by atoms with van der Waals surface area (Å²) in [6, 6.07) is 0. The Hall–Kier alpha value is -0.380. The van der Waals surface area contributed by atoms with Crippen LogP contribution in [0.2, 0.25) is 0 Å². The lowest BCUT2D eigenvalue weighted by Gasteiger charge is -2.27. The number of aliphatic hydroxyl groups is 1. The maximum absolute atomic E-state index is 9.85. The lowest BCUT2D eigenvalue weighted by molar-refractivity contribution is -0.170. The zero-order valence-electron chi connectivity index (χ0n) is 8.99. The van der Waals surface area contributed by atoms with Gasteiger partial charge in [0.1, 0.15) is 6.10 Å². The van der Waals surface area contributed by atoms with Gasteiger partial charge in [0.05, 0.1) is 12.2 Å². The van der Waals surface area contributed by atoms with E-state index in [9.17, 15) is 5.11 Å². The third-order valence-corrected chi connectivity index (χ3v) is 3.27. The van der Waals surface area contributed by atoms with Gasteiger partial charge in [0.25, 0.3) is 0 Å². The molecular weight excluding hydrogens is 180 g/mol. The van der Waals surface area contributed by atoms with Crippen molar-refractivity contribution in [3.8, 4) is 0 Å². The zero-order valence-corrected chi connectivity index (χ0v) is 8.99. The predicted octanol–water partition coefficient (Wildman–Crippen LogP) is 1.46. The minimum absolute atomic E-state index is 0.0648. The van der Waals surface area contributed by atoms with Crippen LogP contribution in [0.5, 0.6) is 0 Å². The highest BCUT2D eigenvalue weighted by Gasteiger charge is 2.57. The van der Waals surface area contributed by atoms with E-state index >= 15 is 0 Å². The van der Waals surface area contributed by atoms with Gasteiger partial charge in [-0.3, -0.25) is 0 Å². The molecule has 2 rings (SSSR count). The van der Waals surface area contributed by atoms with Gasteiger partial charge in [0.2, 0.25) is 0 Å². The molecule has 1 aliphatic carbocycles. The van der Waals surface area contributed by atoms with Crippen LogP contribution in [0.15, 0.2) is 12.7 Å². The molecule has 1 saturated carbocycles. The van der Waals surface area contributed by atoms with Crippen LogP contribution in [0, 0.1) is 5.41 Å². The molecule has 2 aliphatic rings. The van der Waals surface area contributed by atoms with Crippen LogP contribution in [-0.4, -0.2) is 29.2 Å². The molecule has 0 amide bonds. The van der Waals surface area contributed by atoms with Gasteiger partial charge in [-0.2, -0.15) is 0 Å². The molecule has 4 atom stereocenters. The second kappa shape index (κ2) is 2.81. The highest BCUT2D eigenvalue weighted by Crippen LogP contribution is 2.49. The Morgan fingerprint density at radius 3 is 2.57 bits per heavy atom. The minimum atomic E-state index is -0.582. The minimum Gasteiger partial charge on any atom is -0.390 e. The summed E-state index contributed by atoms with van der Waals surface area (Å²) < 4.78 is 11.5. The van der Waals surface area contributed by atoms with Crippen molar-refractivity contribution in [1.29, 1.82) is 0 Å². The topological polar surface area (TPSA) is 38.7 Å². The molecule has 3 heteroatoms. The first kappa shape index (κ1) is 10.1. The Labute approximate surface area is 84.7 Å². The molecule has 0 aromatic rings. The quantitative estimate of drug-likeness (QED) is 0.648. The van der Waals surface area contributed by atoms with E-state index in [-0.39, 0.29) is 17.6 Å². The summed E-state index contributed by atoms with van der Waals surface area (Å²) in [6.45, 7) is 9.62. The van der Waals surface area contributed by atoms with Crippen molar-refractivity contribution < 1.29 is 14.6 Å². The average Bonchev–Trinajstić information content (AvgIpc) is 2.50. The van der Waals surface area contributed by atoms with Crippen LogP contribution < -0.4 is 0 Å². The third-order valence-electron chi connectivity index (χ3n) is 3.27. The second-order valence-corrected chi connectivity index (χ2v) is 5.00. The molecule has 0 bridgehead atoms. The van der Waals surface area contributed by atoms with Crippen molar-refractivity contribution >= 4 is 0 Å². The summed E-state index contributed by atoms with van der Waals surface area (Å²) in [5.41, 5.74) is -0.169. The summed E-state index contributed by atoms with van der Waals surface area (Å²) in [4.78, 5) is 0. The van der Waals surface area contributed by atoms with Gasteiger partial charge in [-0.05, 0) is 20.3 Å². The Kier molecular flexibility index (Phi) is 2.04. The number of fused-ring (bicyclic) bond motifs is 1. The van der Waals surface area contributed by atoms with E-state index < -0.39 is 11.9 Å². The number of aliphatic hydroxyl groups excluding tert-OH is 1. The van der Waals surface area contributed by atoms with Crippen LogP contribution in [0.1, 0.15) is 27.2 Å². The van der Waals surface area contributed by atoms with Crippen molar-refractivity contribution in [2.45, 2.75) is 51.3 Å². The lowest BCUT2D eigenvalue weighted by Crippen LogP contribution is -2.31. The largest absolute Gasteiger partial charge is 0.390 e. The Morgan fingerprint density at radius 1 is 1.36 bits per heavy atom. The summed E-state index contributed by atoms with van der Waals surface area (Å²) in [7, 11) is 0. The first-order chi connectivity index (χ1) is 6.38. The Morgan fingerprint density at radius 2 is 2.00 bits per heavy atom. The molecule has 0 aromatic heterocycles. The molecule has 0 unspecified atom stereocenters. The van der Waals surface area contributed by atoms with E-state index in [1.807, 2.05) is 19.9 Å². The first-order valence-electron chi connectivity index (χ1n) is 5.05. The summed E-state index contributed by atoms with van der Waals surface area (Å²) >= 11 is 0. The smallest absolute Gasteiger partial charge is 0.163 e. The second-order valence-electron chi connectivity index (χ2n) is 5.00. The monoisotopic (exact) mass is 198 g/mol. The highest BCUT2D eigenvalue weighted by molar-refractivity contribution is 5.11. The third kappa shape index (κ3) is 1.31. The summed E-state index contributed by atoms with van der Waals surface area (Å²) in [5, 5.41) is 9.85. The number of hydrogen-bond acceptors (Lipinski definition) is 3. The lowest BCUT2D eigenvalue weighted by atomic mass is 9.86. The van der Waals surface area contributed by atoms with Crippen LogP contribution >= 0.6 is 0 Å². The van der Waals surface area contributed by atoms with E-state index in [1.165, 1.54) is 0 Å². The summed E-state index contributed by atoms with van der Waals surface area (Å²) in [5.74, 6) is -0.582. The van der Waals surface area contributed by atoms with Crippen LogP contribution in [0.3, 0.4) is 0 Å². The molecule has 0 spiro atoms. The van der Waals surface area contributed by atoms with Gasteiger partial charge < -0.3 is 14.6 Å². The standard InChI is InChI=1S/C11H18O3/c1-5-11(4)6-7(12)8-9(11)14-10(2,3)13-8/h5,7-9,12H,1,6H2,2-4H3/t7-,8-,9-,11-/m0/s1. The van der Waals surface area contributed by atoms with E-state index in [0.29, 0.717) is 6.42 Å². The first-order valence-corrected chi connectivity index (χ1v) is 5.05. The normalized spacial score (nSPS) is 50.4. The van der Waals surface area contributed by atoms with E-state index in [0.717, 1.165) is 0 Å². The zero-order chi connectivity index (χ0) is 10.6. The molecule has 3 nitrogen and oxygen atoms in total. The fourth-order valence-electron chi connectivity index (χ4n) is 2.46. The molecule has 2 fully saturated rings. The van der Waals surface area contributed by atoms with E-state index in [1.54, 1.807) is 0 Å². The molecule has 0 aromatic carbocycles. The fraction of sp³-hybridized carbons (Fsp3) is 0.818. The van der Waals surface area contributed by atoms with Crippen molar-refractivity contribution in [3.05, 3.63) is 12.7 Å². The van der Waals surface area contributed by atoms with Gasteiger partial charge in [0, 0.05) is 5.41 Å². The van der Waals surface area contributed by atoms with Gasteiger partial charge in [-0.1, -0.05) is 13.0 Å². The molecule has 80 valence electrons. The number of rotatable bonds is 1. The van der Waals surface area contributed by atoms with Crippen LogP contribution in [0.4, 0.5) is 0 Å². The molecule has 0 radical (unpaired) electrons. The van der Waals surface area contributed by atoms with Crippen molar-refractivity contribution in [2.24, 2.45) is 5.41 Å². The van der Waals surface area contributed by atoms with Crippen LogP contribution in [0.25, 0.3) is 0 Å². The fourth-order valence-corrected chi connectivity index (χ4v) is 2.46. The number of hydrogen-bond donors (Lipinski definition) is 1. The molecule has 1 saturated heterocycles. The van der Waals surface area contributed by atoms with Crippen molar-refractivity contribution in [3.63, 3.8) is 0 Å². The maximum atomic E-state index is 9.85. The molecule has 1 heterocycles. The van der Waals surface area contributed by atoms with Crippen molar-refractivity contribution in [1.82, 2.24) is 0 Å². The summed E-state index contributed by atoms with van der Waals surface area (Å²) in [6.07, 6.45) is 1.83. The van der Waals surface area contributed by atoms with E-state index in [4.69, 9.17) is 9.47 Å². The van der Waals surface area contributed by atoms with Gasteiger partial charge in [-0.25, -0.2) is 0 Å². The predicted molar refractivity (Wildman–Crippen MR) is 52.8 cm³/mol. The highest BCUT2D eigenvalue weighted by atomic mass is 16.8. The van der Waals surface area contributed by atoms with Crippen LogP contribution in [-0.2, 0) is 9.47 Å². The SMILES string of the molecule is C=C[C@@]1(C)C[C@H](O)[C@@H]2OC(C)(C)O[C@@H]21. The average molecular weight is 198 g/mol. The van der Waals surface area contributed by atoms with Gasteiger partial charge in [-0.15, -0.1) is 6.58 Å². The molecule has 1 aliphatic heterocycles. The Balaban J connectivity index is 2.27.